The Morgan fingerprint density at radius 1 is 0.349 bits per heavy atom. The van der Waals surface area contributed by atoms with Gasteiger partial charge in [0.1, 0.15) is 5.58 Å². The molecular formula is C80H79BN4O. The second-order valence-electron chi connectivity index (χ2n) is 29.6. The fourth-order valence-corrected chi connectivity index (χ4v) is 13.7. The molecule has 0 radical (unpaired) electrons. The largest absolute Gasteiger partial charge is 0.454 e. The summed E-state index contributed by atoms with van der Waals surface area (Å²) in [6, 6.07) is 78.6. The molecular weight excluding hydrogens is 1040 g/mol. The van der Waals surface area contributed by atoms with Crippen molar-refractivity contribution in [2.24, 2.45) is 0 Å². The van der Waals surface area contributed by atoms with Crippen LogP contribution in [0.25, 0.3) is 49.4 Å². The van der Waals surface area contributed by atoms with E-state index in [0.717, 1.165) is 84.2 Å². The average Bonchev–Trinajstić information content (AvgIpc) is 0.851. The van der Waals surface area contributed by atoms with Gasteiger partial charge in [0.15, 0.2) is 5.58 Å². The lowest BCUT2D eigenvalue weighted by molar-refractivity contribution is 0.590. The number of hydrogen-bond acceptors (Lipinski definition) is 4. The van der Waals surface area contributed by atoms with Crippen LogP contribution in [0.5, 0.6) is 0 Å². The molecule has 10 aromatic carbocycles. The molecule has 0 aliphatic carbocycles. The number of fused-ring (bicyclic) bond motifs is 10. The van der Waals surface area contributed by atoms with Gasteiger partial charge < -0.3 is 23.7 Å². The van der Waals surface area contributed by atoms with E-state index >= 15 is 0 Å². The molecule has 0 spiro atoms. The van der Waals surface area contributed by atoms with Gasteiger partial charge in [-0.2, -0.15) is 0 Å². The van der Waals surface area contributed by atoms with Crippen LogP contribution in [0.1, 0.15) is 132 Å². The van der Waals surface area contributed by atoms with Crippen LogP contribution < -0.4 is 31.1 Å². The Balaban J connectivity index is 1.11. The van der Waals surface area contributed by atoms with E-state index in [4.69, 9.17) is 4.42 Å². The molecule has 2 aromatic heterocycles. The van der Waals surface area contributed by atoms with Crippen LogP contribution in [-0.4, -0.2) is 11.3 Å². The van der Waals surface area contributed by atoms with Crippen molar-refractivity contribution in [3.63, 3.8) is 0 Å². The predicted octanol–water partition coefficient (Wildman–Crippen LogP) is 20.7. The molecule has 0 unspecified atom stereocenters. The lowest BCUT2D eigenvalue weighted by Gasteiger charge is -2.45. The summed E-state index contributed by atoms with van der Waals surface area (Å²) >= 11 is 0. The summed E-state index contributed by atoms with van der Waals surface area (Å²) in [5.74, 6) is 0. The third-order valence-corrected chi connectivity index (χ3v) is 18.6. The highest BCUT2D eigenvalue weighted by atomic mass is 16.3. The van der Waals surface area contributed by atoms with Gasteiger partial charge in [-0.3, -0.25) is 0 Å². The molecule has 5 nitrogen and oxygen atoms in total. The molecule has 86 heavy (non-hydrogen) atoms. The minimum Gasteiger partial charge on any atom is -0.454 e. The van der Waals surface area contributed by atoms with Gasteiger partial charge in [0.25, 0.3) is 6.71 Å². The first kappa shape index (κ1) is 55.2. The number of aromatic nitrogens is 1. The van der Waals surface area contributed by atoms with Gasteiger partial charge in [-0.25, -0.2) is 0 Å². The van der Waals surface area contributed by atoms with Gasteiger partial charge in [0.05, 0.1) is 33.5 Å². The van der Waals surface area contributed by atoms with E-state index in [2.05, 4.69) is 329 Å². The van der Waals surface area contributed by atoms with Crippen molar-refractivity contribution in [2.45, 2.75) is 131 Å². The van der Waals surface area contributed by atoms with Crippen LogP contribution in [0.2, 0.25) is 0 Å². The summed E-state index contributed by atoms with van der Waals surface area (Å²) in [6.07, 6.45) is 0. The third-order valence-electron chi connectivity index (χ3n) is 18.6. The molecule has 0 N–H and O–H groups in total. The van der Waals surface area contributed by atoms with Gasteiger partial charge in [-0.1, -0.05) is 219 Å². The van der Waals surface area contributed by atoms with Crippen molar-refractivity contribution in [1.82, 2.24) is 4.57 Å². The maximum absolute atomic E-state index is 7.50. The zero-order valence-corrected chi connectivity index (χ0v) is 52.9. The second kappa shape index (κ2) is 19.4. The van der Waals surface area contributed by atoms with Crippen LogP contribution in [0.3, 0.4) is 0 Å². The molecule has 2 aliphatic heterocycles. The Kier molecular flexibility index (Phi) is 12.4. The van der Waals surface area contributed by atoms with E-state index < -0.39 is 0 Å². The van der Waals surface area contributed by atoms with E-state index in [9.17, 15) is 0 Å². The van der Waals surface area contributed by atoms with Gasteiger partial charge in [-0.05, 0) is 162 Å². The molecule has 12 aromatic rings. The van der Waals surface area contributed by atoms with E-state index in [1.807, 2.05) is 0 Å². The number of rotatable bonds is 6. The first-order chi connectivity index (χ1) is 40.8. The number of para-hydroxylation sites is 3. The quantitative estimate of drug-likeness (QED) is 0.155. The molecule has 4 heterocycles. The number of anilines is 9. The smallest absolute Gasteiger partial charge is 0.252 e. The SMILES string of the molecule is CC(C)(C)c1ccc(N2c3ccc(C(C)(C)C)cc3B3c4cc(C(C)(C)C)ccc4N(c4ccc(N(c5ccc(C(C)(C)C)cc5)c5ccc(C(C)(C)C)cc5)c5c4oc4ccccc45)c4cc(-n5c6ccccc6c6ccccc65)cc2c43)cc1. The molecule has 0 saturated heterocycles. The molecule has 14 rings (SSSR count). The number of furan rings is 1. The van der Waals surface area contributed by atoms with Gasteiger partial charge in [0.2, 0.25) is 0 Å². The molecule has 0 fully saturated rings. The first-order valence-electron chi connectivity index (χ1n) is 30.9. The van der Waals surface area contributed by atoms with Crippen molar-refractivity contribution in [3.05, 3.63) is 234 Å². The Bertz CT molecular complexity index is 4550. The van der Waals surface area contributed by atoms with Crippen molar-refractivity contribution >= 4 is 118 Å². The van der Waals surface area contributed by atoms with Crippen LogP contribution in [0, 0.1) is 0 Å². The lowest BCUT2D eigenvalue weighted by Crippen LogP contribution is -2.61. The summed E-state index contributed by atoms with van der Waals surface area (Å²) in [6.45, 7) is 34.6. The average molecular weight is 1120 g/mol. The van der Waals surface area contributed by atoms with Crippen LogP contribution in [-0.2, 0) is 27.1 Å². The molecule has 6 heteroatoms. The van der Waals surface area contributed by atoms with E-state index in [1.54, 1.807) is 0 Å². The Labute approximate surface area is 509 Å². The second-order valence-corrected chi connectivity index (χ2v) is 29.6. The van der Waals surface area contributed by atoms with Crippen molar-refractivity contribution in [1.29, 1.82) is 0 Å². The monoisotopic (exact) mass is 1120 g/mol. The van der Waals surface area contributed by atoms with Crippen LogP contribution in [0.15, 0.2) is 211 Å². The van der Waals surface area contributed by atoms with E-state index in [0.29, 0.717) is 0 Å². The zero-order valence-electron chi connectivity index (χ0n) is 52.9. The Morgan fingerprint density at radius 2 is 0.756 bits per heavy atom. The Morgan fingerprint density at radius 3 is 1.24 bits per heavy atom. The normalized spacial score (nSPS) is 13.7. The van der Waals surface area contributed by atoms with Gasteiger partial charge in [-0.15, -0.1) is 0 Å². The Hall–Kier alpha value is -8.74. The number of benzene rings is 10. The van der Waals surface area contributed by atoms with E-state index in [1.165, 1.54) is 60.7 Å². The maximum Gasteiger partial charge on any atom is 0.252 e. The van der Waals surface area contributed by atoms with Gasteiger partial charge >= 0.3 is 0 Å². The van der Waals surface area contributed by atoms with Crippen molar-refractivity contribution in [3.8, 4) is 5.69 Å². The summed E-state index contributed by atoms with van der Waals surface area (Å²) in [4.78, 5) is 7.59. The molecule has 2 aliphatic rings. The number of nitrogens with zero attached hydrogens (tertiary/aromatic N) is 4. The van der Waals surface area contributed by atoms with Crippen LogP contribution in [0.4, 0.5) is 51.2 Å². The molecule has 0 bridgehead atoms. The maximum atomic E-state index is 7.50. The fourth-order valence-electron chi connectivity index (χ4n) is 13.7. The highest BCUT2D eigenvalue weighted by Crippen LogP contribution is 2.52. The molecule has 428 valence electrons. The fraction of sp³-hybridized carbons (Fsp3) is 0.250. The lowest BCUT2D eigenvalue weighted by atomic mass is 9.33. The van der Waals surface area contributed by atoms with Crippen molar-refractivity contribution in [2.75, 3.05) is 14.7 Å². The summed E-state index contributed by atoms with van der Waals surface area (Å²) in [7, 11) is 0. The molecule has 0 saturated carbocycles. The topological polar surface area (TPSA) is 27.8 Å². The summed E-state index contributed by atoms with van der Waals surface area (Å²) < 4.78 is 10.0. The first-order valence-corrected chi connectivity index (χ1v) is 30.9. The molecule has 0 amide bonds. The van der Waals surface area contributed by atoms with Crippen LogP contribution >= 0.6 is 0 Å². The van der Waals surface area contributed by atoms with Gasteiger partial charge in [0, 0.05) is 56.0 Å². The zero-order chi connectivity index (χ0) is 60.1. The minimum absolute atomic E-state index is 0.00625. The highest BCUT2D eigenvalue weighted by molar-refractivity contribution is 7.00. The predicted molar refractivity (Wildman–Crippen MR) is 370 cm³/mol. The van der Waals surface area contributed by atoms with E-state index in [-0.39, 0.29) is 33.8 Å². The third kappa shape index (κ3) is 8.96. The minimum atomic E-state index is -0.123. The summed E-state index contributed by atoms with van der Waals surface area (Å²) in [5, 5.41) is 4.57. The number of hydrogen-bond donors (Lipinski definition) is 0. The summed E-state index contributed by atoms with van der Waals surface area (Å²) in [5.41, 5.74) is 25.1. The van der Waals surface area contributed by atoms with Crippen molar-refractivity contribution < 1.29 is 4.42 Å². The highest BCUT2D eigenvalue weighted by Gasteiger charge is 2.45. The standard InChI is InChI=1S/C80H79BN4O/c1-76(2,3)50-28-36-55(37-29-50)82(56-38-30-51(31-39-56)77(4,5)6)68-44-45-69(75-73(68)61-24-18-21-27-72(61)86-75)85-67-43-35-54(80(13,14)15)47-63(67)81-62-46-53(79(10,11)12)34-42-66(62)83(57-40-32-52(33-41-57)78(7,8)9)70-48-58(49-71(85)74(70)81)84-64-25-19-16-22-59(64)60-23-17-20-26-65(60)84/h16-49H,1-15H3. The molecule has 0 atom stereocenters.